The highest BCUT2D eigenvalue weighted by molar-refractivity contribution is 9.11. The van der Waals surface area contributed by atoms with Crippen LogP contribution in [-0.2, 0) is 10.0 Å². The van der Waals surface area contributed by atoms with Crippen molar-refractivity contribution in [3.05, 3.63) is 65.4 Å². The standard InChI is InChI=1S/C20H15BrN4O3S/c1-20(8-2-4-14(21)11-20)29(26,27)25-12-16(15-5-3-9-22-19(15)25)13-6-7-17-18(10-13)24-28-23-17/h2-7,9-12H,8H2,1H3. The van der Waals surface area contributed by atoms with Gasteiger partial charge in [0.2, 0.25) is 10.0 Å². The van der Waals surface area contributed by atoms with Gasteiger partial charge in [-0.3, -0.25) is 0 Å². The fraction of sp³-hybridized carbons (Fsp3) is 0.150. The lowest BCUT2D eigenvalue weighted by Gasteiger charge is -2.27. The summed E-state index contributed by atoms with van der Waals surface area (Å²) in [5.41, 5.74) is 3.19. The highest BCUT2D eigenvalue weighted by atomic mass is 79.9. The highest BCUT2D eigenvalue weighted by Gasteiger charge is 2.40. The Balaban J connectivity index is 1.75. The summed E-state index contributed by atoms with van der Waals surface area (Å²) in [6.45, 7) is 1.72. The van der Waals surface area contributed by atoms with Gasteiger partial charge in [-0.2, -0.15) is 0 Å². The number of hydrogen-bond donors (Lipinski definition) is 0. The average molecular weight is 471 g/mol. The topological polar surface area (TPSA) is 90.9 Å². The summed E-state index contributed by atoms with van der Waals surface area (Å²) in [6.07, 6.45) is 9.04. The number of aromatic nitrogens is 4. The number of fused-ring (bicyclic) bond motifs is 2. The summed E-state index contributed by atoms with van der Waals surface area (Å²) >= 11 is 3.40. The zero-order valence-electron chi connectivity index (χ0n) is 15.3. The molecule has 0 saturated heterocycles. The van der Waals surface area contributed by atoms with Crippen molar-refractivity contribution in [2.24, 2.45) is 0 Å². The molecule has 0 saturated carbocycles. The van der Waals surface area contributed by atoms with E-state index in [1.807, 2.05) is 30.4 Å². The first-order valence-electron chi connectivity index (χ1n) is 8.88. The van der Waals surface area contributed by atoms with Crippen LogP contribution in [-0.4, -0.2) is 32.4 Å². The Morgan fingerprint density at radius 2 is 2.03 bits per heavy atom. The van der Waals surface area contributed by atoms with E-state index in [4.69, 9.17) is 4.63 Å². The van der Waals surface area contributed by atoms with Crippen molar-refractivity contribution in [2.45, 2.75) is 18.1 Å². The quantitative estimate of drug-likeness (QED) is 0.440. The van der Waals surface area contributed by atoms with Crippen LogP contribution in [0, 0.1) is 0 Å². The van der Waals surface area contributed by atoms with Crippen LogP contribution in [0.3, 0.4) is 0 Å². The largest absolute Gasteiger partial charge is 0.249 e. The second kappa shape index (κ2) is 6.36. The van der Waals surface area contributed by atoms with Gasteiger partial charge < -0.3 is 0 Å². The predicted molar refractivity (Wildman–Crippen MR) is 114 cm³/mol. The zero-order chi connectivity index (χ0) is 20.2. The van der Waals surface area contributed by atoms with Gasteiger partial charge in [0.25, 0.3) is 0 Å². The van der Waals surface area contributed by atoms with Crippen molar-refractivity contribution in [3.63, 3.8) is 0 Å². The molecule has 0 aliphatic heterocycles. The van der Waals surface area contributed by atoms with Gasteiger partial charge in [0.05, 0.1) is 0 Å². The van der Waals surface area contributed by atoms with Crippen molar-refractivity contribution in [1.29, 1.82) is 0 Å². The van der Waals surface area contributed by atoms with Crippen LogP contribution in [0.4, 0.5) is 0 Å². The van der Waals surface area contributed by atoms with Crippen LogP contribution in [0.25, 0.3) is 33.2 Å². The molecule has 0 fully saturated rings. The number of benzene rings is 1. The summed E-state index contributed by atoms with van der Waals surface area (Å²) in [6, 6.07) is 9.14. The van der Waals surface area contributed by atoms with Gasteiger partial charge in [-0.15, -0.1) is 0 Å². The first-order valence-corrected chi connectivity index (χ1v) is 11.1. The lowest BCUT2D eigenvalue weighted by molar-refractivity contribution is 0.315. The fourth-order valence-electron chi connectivity index (χ4n) is 3.60. The molecule has 0 spiro atoms. The monoisotopic (exact) mass is 470 g/mol. The van der Waals surface area contributed by atoms with Crippen LogP contribution in [0.1, 0.15) is 13.3 Å². The summed E-state index contributed by atoms with van der Waals surface area (Å²) in [4.78, 5) is 4.38. The molecule has 0 radical (unpaired) electrons. The molecule has 5 rings (SSSR count). The maximum absolute atomic E-state index is 13.7. The van der Waals surface area contributed by atoms with Gasteiger partial charge >= 0.3 is 0 Å². The maximum atomic E-state index is 13.7. The molecule has 3 aromatic heterocycles. The van der Waals surface area contributed by atoms with Gasteiger partial charge in [0.1, 0.15) is 15.8 Å². The highest BCUT2D eigenvalue weighted by Crippen LogP contribution is 2.37. The van der Waals surface area contributed by atoms with Crippen molar-refractivity contribution < 1.29 is 13.0 Å². The third-order valence-corrected chi connectivity index (χ3v) is 7.94. The van der Waals surface area contributed by atoms with Crippen molar-refractivity contribution in [3.8, 4) is 11.1 Å². The number of halogens is 1. The lowest BCUT2D eigenvalue weighted by Crippen LogP contribution is -2.38. The molecule has 29 heavy (non-hydrogen) atoms. The first kappa shape index (κ1) is 18.3. The van der Waals surface area contributed by atoms with Gasteiger partial charge in [0, 0.05) is 27.8 Å². The zero-order valence-corrected chi connectivity index (χ0v) is 17.7. The molecule has 0 N–H and O–H groups in total. The Labute approximate surface area is 174 Å². The summed E-state index contributed by atoms with van der Waals surface area (Å²) < 4.78 is 33.0. The minimum absolute atomic E-state index is 0.378. The third kappa shape index (κ3) is 2.76. The molecular formula is C20H15BrN4O3S. The Bertz CT molecular complexity index is 1430. The lowest BCUT2D eigenvalue weighted by atomic mass is 10.0. The Morgan fingerprint density at radius 3 is 2.86 bits per heavy atom. The van der Waals surface area contributed by atoms with Crippen molar-refractivity contribution >= 4 is 48.0 Å². The second-order valence-electron chi connectivity index (χ2n) is 7.13. The molecule has 1 unspecified atom stereocenters. The molecule has 7 nitrogen and oxygen atoms in total. The molecule has 0 bridgehead atoms. The van der Waals surface area contributed by atoms with E-state index in [1.54, 1.807) is 37.5 Å². The summed E-state index contributed by atoms with van der Waals surface area (Å²) in [7, 11) is -3.79. The van der Waals surface area contributed by atoms with Crippen LogP contribution in [0.5, 0.6) is 0 Å². The second-order valence-corrected chi connectivity index (χ2v) is 10.3. The molecule has 1 aliphatic carbocycles. The average Bonchev–Trinajstić information content (AvgIpc) is 3.32. The number of pyridine rings is 1. The third-order valence-electron chi connectivity index (χ3n) is 5.19. The minimum Gasteiger partial charge on any atom is -0.243 e. The van der Waals surface area contributed by atoms with Crippen LogP contribution in [0.15, 0.2) is 70.1 Å². The van der Waals surface area contributed by atoms with Gasteiger partial charge in [-0.1, -0.05) is 34.1 Å². The Hall–Kier alpha value is -2.78. The number of hydrogen-bond acceptors (Lipinski definition) is 6. The number of allylic oxidation sites excluding steroid dienone is 3. The molecule has 1 aromatic carbocycles. The molecule has 3 heterocycles. The number of nitrogens with zero attached hydrogens (tertiary/aromatic N) is 4. The van der Waals surface area contributed by atoms with Gasteiger partial charge in [-0.05, 0) is 59.6 Å². The van der Waals surface area contributed by atoms with Crippen molar-refractivity contribution in [1.82, 2.24) is 19.3 Å². The summed E-state index contributed by atoms with van der Waals surface area (Å²) in [5, 5.41) is 8.45. The Morgan fingerprint density at radius 1 is 1.21 bits per heavy atom. The van der Waals surface area contributed by atoms with Gasteiger partial charge in [-0.25, -0.2) is 22.0 Å². The van der Waals surface area contributed by atoms with E-state index in [1.165, 1.54) is 3.97 Å². The molecule has 0 amide bonds. The van der Waals surface area contributed by atoms with Crippen LogP contribution < -0.4 is 0 Å². The minimum atomic E-state index is -3.79. The van der Waals surface area contributed by atoms with E-state index in [-0.39, 0.29) is 0 Å². The van der Waals surface area contributed by atoms with Gasteiger partial charge in [0.15, 0.2) is 5.65 Å². The van der Waals surface area contributed by atoms with E-state index in [2.05, 4.69) is 31.2 Å². The smallest absolute Gasteiger partial charge is 0.243 e. The predicted octanol–water partition coefficient (Wildman–Crippen LogP) is 4.41. The normalized spacial score (nSPS) is 19.7. The SMILES string of the molecule is CC1(S(=O)(=O)n2cc(-c3ccc4nonc4c3)c3cccnc32)C=C(Br)C=CC1. The van der Waals surface area contributed by atoms with E-state index in [0.29, 0.717) is 23.1 Å². The first-order chi connectivity index (χ1) is 13.9. The van der Waals surface area contributed by atoms with E-state index < -0.39 is 14.8 Å². The number of rotatable bonds is 3. The Kier molecular flexibility index (Phi) is 4.01. The van der Waals surface area contributed by atoms with Crippen LogP contribution >= 0.6 is 15.9 Å². The molecule has 1 atom stereocenters. The molecule has 9 heteroatoms. The fourth-order valence-corrected chi connectivity index (χ4v) is 6.10. The van der Waals surface area contributed by atoms with E-state index in [0.717, 1.165) is 21.0 Å². The van der Waals surface area contributed by atoms with Crippen LogP contribution in [0.2, 0.25) is 0 Å². The van der Waals surface area contributed by atoms with E-state index >= 15 is 0 Å². The molecule has 1 aliphatic rings. The molecule has 146 valence electrons. The van der Waals surface area contributed by atoms with E-state index in [9.17, 15) is 8.42 Å². The van der Waals surface area contributed by atoms with Crippen molar-refractivity contribution in [2.75, 3.05) is 0 Å². The molecular weight excluding hydrogens is 456 g/mol. The molecule has 4 aromatic rings. The maximum Gasteiger partial charge on any atom is 0.249 e. The summed E-state index contributed by atoms with van der Waals surface area (Å²) in [5.74, 6) is 0.